The van der Waals surface area contributed by atoms with Gasteiger partial charge in [-0.25, -0.2) is 0 Å². The number of rotatable bonds is 7. The standard InChI is InChI=1S/C29H31Cl2N3O/c1-20-22-7-2-3-8-23(22)24-12-11-21(19-25(20)24)29(35)32-13-4-5-14-33-15-17-34(18-16-33)27-10-6-9-26(30)28(27)31/h2-3,6-12,19-20H,4-5,13-18H2,1H3,(H,32,35). The second-order valence-electron chi connectivity index (χ2n) is 9.48. The zero-order valence-corrected chi connectivity index (χ0v) is 21.6. The number of amides is 1. The van der Waals surface area contributed by atoms with Gasteiger partial charge in [-0.1, -0.05) is 66.5 Å². The number of fused-ring (bicyclic) bond motifs is 3. The summed E-state index contributed by atoms with van der Waals surface area (Å²) in [4.78, 5) is 17.6. The van der Waals surface area contributed by atoms with Crippen LogP contribution in [-0.2, 0) is 0 Å². The normalized spacial score (nSPS) is 17.2. The largest absolute Gasteiger partial charge is 0.368 e. The average Bonchev–Trinajstić information content (AvgIpc) is 3.17. The summed E-state index contributed by atoms with van der Waals surface area (Å²) in [6, 6.07) is 20.5. The van der Waals surface area contributed by atoms with Crippen molar-refractivity contribution in [2.45, 2.75) is 25.7 Å². The van der Waals surface area contributed by atoms with Crippen LogP contribution in [0.1, 0.15) is 47.2 Å². The molecule has 1 saturated heterocycles. The summed E-state index contributed by atoms with van der Waals surface area (Å²) < 4.78 is 0. The molecule has 3 aromatic carbocycles. The Morgan fingerprint density at radius 1 is 0.914 bits per heavy atom. The highest BCUT2D eigenvalue weighted by Gasteiger charge is 2.26. The second-order valence-corrected chi connectivity index (χ2v) is 10.3. The summed E-state index contributed by atoms with van der Waals surface area (Å²) in [6.45, 7) is 7.85. The van der Waals surface area contributed by atoms with Gasteiger partial charge in [-0.3, -0.25) is 9.69 Å². The lowest BCUT2D eigenvalue weighted by atomic mass is 9.97. The van der Waals surface area contributed by atoms with Gasteiger partial charge in [-0.05, 0) is 65.9 Å². The van der Waals surface area contributed by atoms with Crippen LogP contribution in [0.4, 0.5) is 5.69 Å². The van der Waals surface area contributed by atoms with Gasteiger partial charge in [0.05, 0.1) is 15.7 Å². The van der Waals surface area contributed by atoms with Gasteiger partial charge in [0, 0.05) is 44.2 Å². The van der Waals surface area contributed by atoms with Crippen LogP contribution >= 0.6 is 23.2 Å². The molecule has 5 rings (SSSR count). The lowest BCUT2D eigenvalue weighted by Crippen LogP contribution is -2.46. The van der Waals surface area contributed by atoms with E-state index in [4.69, 9.17) is 23.2 Å². The Morgan fingerprint density at radius 2 is 1.69 bits per heavy atom. The van der Waals surface area contributed by atoms with Crippen molar-refractivity contribution in [3.8, 4) is 11.1 Å². The van der Waals surface area contributed by atoms with E-state index in [0.717, 1.165) is 56.8 Å². The van der Waals surface area contributed by atoms with Gasteiger partial charge in [0.15, 0.2) is 0 Å². The molecule has 4 nitrogen and oxygen atoms in total. The maximum Gasteiger partial charge on any atom is 0.251 e. The van der Waals surface area contributed by atoms with Gasteiger partial charge >= 0.3 is 0 Å². The third-order valence-electron chi connectivity index (χ3n) is 7.33. The quantitative estimate of drug-likeness (QED) is 0.372. The van der Waals surface area contributed by atoms with Gasteiger partial charge < -0.3 is 10.2 Å². The monoisotopic (exact) mass is 507 g/mol. The Balaban J connectivity index is 1.05. The molecule has 0 radical (unpaired) electrons. The molecule has 1 aliphatic heterocycles. The van der Waals surface area contributed by atoms with Crippen LogP contribution in [-0.4, -0.2) is 50.1 Å². The van der Waals surface area contributed by atoms with Crippen molar-refractivity contribution in [3.63, 3.8) is 0 Å². The maximum atomic E-state index is 12.8. The molecule has 182 valence electrons. The number of hydrogen-bond donors (Lipinski definition) is 1. The number of carbonyl (C=O) groups is 1. The number of piperazine rings is 1. The number of nitrogens with one attached hydrogen (secondary N) is 1. The maximum absolute atomic E-state index is 12.8. The highest BCUT2D eigenvalue weighted by atomic mass is 35.5. The van der Waals surface area contributed by atoms with Gasteiger partial charge in [0.2, 0.25) is 0 Å². The molecular weight excluding hydrogens is 477 g/mol. The SMILES string of the molecule is CC1c2ccccc2-c2ccc(C(=O)NCCCCN3CCN(c4cccc(Cl)c4Cl)CC3)cc21. The van der Waals surface area contributed by atoms with E-state index in [1.54, 1.807) is 0 Å². The summed E-state index contributed by atoms with van der Waals surface area (Å²) >= 11 is 12.6. The molecule has 2 aliphatic rings. The van der Waals surface area contributed by atoms with E-state index < -0.39 is 0 Å². The van der Waals surface area contributed by atoms with E-state index >= 15 is 0 Å². The highest BCUT2D eigenvalue weighted by Crippen LogP contribution is 2.44. The molecule has 0 spiro atoms. The Morgan fingerprint density at radius 3 is 2.51 bits per heavy atom. The van der Waals surface area contributed by atoms with Crippen LogP contribution < -0.4 is 10.2 Å². The van der Waals surface area contributed by atoms with E-state index in [0.29, 0.717) is 22.5 Å². The number of nitrogens with zero attached hydrogens (tertiary/aromatic N) is 2. The number of hydrogen-bond acceptors (Lipinski definition) is 3. The Kier molecular flexibility index (Phi) is 7.33. The minimum absolute atomic E-state index is 0.0166. The molecule has 0 bridgehead atoms. The van der Waals surface area contributed by atoms with E-state index in [1.165, 1.54) is 22.3 Å². The summed E-state index contributed by atoms with van der Waals surface area (Å²) in [5.41, 5.74) is 6.90. The fraction of sp³-hybridized carbons (Fsp3) is 0.345. The fourth-order valence-corrected chi connectivity index (χ4v) is 5.72. The predicted octanol–water partition coefficient (Wildman–Crippen LogP) is 6.46. The molecule has 3 aromatic rings. The first-order valence-electron chi connectivity index (χ1n) is 12.5. The van der Waals surface area contributed by atoms with Crippen LogP contribution in [0, 0.1) is 0 Å². The van der Waals surface area contributed by atoms with Crippen molar-refractivity contribution >= 4 is 34.8 Å². The molecule has 0 saturated carbocycles. The molecule has 1 heterocycles. The molecule has 1 amide bonds. The third-order valence-corrected chi connectivity index (χ3v) is 8.14. The zero-order chi connectivity index (χ0) is 24.4. The molecule has 1 atom stereocenters. The van der Waals surface area contributed by atoms with Crippen LogP contribution in [0.25, 0.3) is 11.1 Å². The molecule has 1 aliphatic carbocycles. The second kappa shape index (κ2) is 10.6. The number of carbonyl (C=O) groups excluding carboxylic acids is 1. The Bertz CT molecular complexity index is 1220. The van der Waals surface area contributed by atoms with Crippen LogP contribution in [0.3, 0.4) is 0 Å². The predicted molar refractivity (Wildman–Crippen MR) is 146 cm³/mol. The topological polar surface area (TPSA) is 35.6 Å². The fourth-order valence-electron chi connectivity index (χ4n) is 5.31. The van der Waals surface area contributed by atoms with Crippen LogP contribution in [0.15, 0.2) is 60.7 Å². The van der Waals surface area contributed by atoms with Gasteiger partial charge in [-0.2, -0.15) is 0 Å². The number of unbranched alkanes of at least 4 members (excludes halogenated alkanes) is 1. The number of halogens is 2. The summed E-state index contributed by atoms with van der Waals surface area (Å²) in [5, 5.41) is 4.36. The Labute approximate surface area is 217 Å². The van der Waals surface area contributed by atoms with Crippen molar-refractivity contribution in [1.29, 1.82) is 0 Å². The molecule has 1 N–H and O–H groups in total. The lowest BCUT2D eigenvalue weighted by molar-refractivity contribution is 0.0952. The van der Waals surface area contributed by atoms with Crippen molar-refractivity contribution in [2.24, 2.45) is 0 Å². The summed E-state index contributed by atoms with van der Waals surface area (Å²) in [7, 11) is 0. The van der Waals surface area contributed by atoms with E-state index in [-0.39, 0.29) is 5.91 Å². The molecule has 6 heteroatoms. The Hall–Kier alpha value is -2.53. The summed E-state index contributed by atoms with van der Waals surface area (Å²) in [6.07, 6.45) is 2.04. The molecule has 1 fully saturated rings. The van der Waals surface area contributed by atoms with E-state index in [1.807, 2.05) is 24.3 Å². The van der Waals surface area contributed by atoms with Crippen molar-refractivity contribution in [1.82, 2.24) is 10.2 Å². The highest BCUT2D eigenvalue weighted by molar-refractivity contribution is 6.43. The zero-order valence-electron chi connectivity index (χ0n) is 20.1. The van der Waals surface area contributed by atoms with Gasteiger partial charge in [0.1, 0.15) is 0 Å². The third kappa shape index (κ3) is 5.06. The smallest absolute Gasteiger partial charge is 0.251 e. The van der Waals surface area contributed by atoms with E-state index in [9.17, 15) is 4.79 Å². The molecule has 35 heavy (non-hydrogen) atoms. The minimum atomic E-state index is 0.0166. The van der Waals surface area contributed by atoms with Crippen molar-refractivity contribution < 1.29 is 4.79 Å². The van der Waals surface area contributed by atoms with Crippen LogP contribution in [0.5, 0.6) is 0 Å². The van der Waals surface area contributed by atoms with Crippen molar-refractivity contribution in [2.75, 3.05) is 44.2 Å². The van der Waals surface area contributed by atoms with Gasteiger partial charge in [0.25, 0.3) is 5.91 Å². The first-order valence-corrected chi connectivity index (χ1v) is 13.2. The average molecular weight is 508 g/mol. The summed E-state index contributed by atoms with van der Waals surface area (Å²) in [5.74, 6) is 0.340. The molecular formula is C29H31Cl2N3O. The minimum Gasteiger partial charge on any atom is -0.368 e. The molecule has 0 aromatic heterocycles. The first-order chi connectivity index (χ1) is 17.0. The van der Waals surface area contributed by atoms with Gasteiger partial charge in [-0.15, -0.1) is 0 Å². The number of anilines is 1. The number of benzene rings is 3. The van der Waals surface area contributed by atoms with Crippen LogP contribution in [0.2, 0.25) is 10.0 Å². The van der Waals surface area contributed by atoms with Crippen molar-refractivity contribution in [3.05, 3.63) is 87.4 Å². The molecule has 1 unspecified atom stereocenters. The lowest BCUT2D eigenvalue weighted by Gasteiger charge is -2.36. The van der Waals surface area contributed by atoms with E-state index in [2.05, 4.69) is 58.4 Å². The first kappa shape index (κ1) is 24.2.